The van der Waals surface area contributed by atoms with Crippen LogP contribution < -0.4 is 14.4 Å². The highest BCUT2D eigenvalue weighted by Gasteiger charge is 2.37. The van der Waals surface area contributed by atoms with E-state index < -0.39 is 27.3 Å². The van der Waals surface area contributed by atoms with Crippen LogP contribution in [-0.2, 0) is 23.1 Å². The van der Waals surface area contributed by atoms with Crippen LogP contribution in [0, 0.1) is 17.8 Å². The Kier molecular flexibility index (Phi) is 9.85. The molecular weight excluding hydrogens is 572 g/mol. The number of carbonyl (C=O) groups is 1. The lowest BCUT2D eigenvalue weighted by molar-refractivity contribution is 0.0461. The maximum absolute atomic E-state index is 13.5. The molecule has 228 valence electrons. The van der Waals surface area contributed by atoms with Gasteiger partial charge in [-0.3, -0.25) is 4.79 Å². The Labute approximate surface area is 255 Å². The van der Waals surface area contributed by atoms with Gasteiger partial charge in [0.25, 0.3) is 5.91 Å². The first-order valence-corrected chi connectivity index (χ1v) is 17.3. The summed E-state index contributed by atoms with van der Waals surface area (Å²) in [5.41, 5.74) is 3.31. The van der Waals surface area contributed by atoms with Crippen LogP contribution >= 0.6 is 11.6 Å². The summed E-state index contributed by atoms with van der Waals surface area (Å²) in [5.74, 6) is 0.250. The van der Waals surface area contributed by atoms with Crippen LogP contribution in [0.3, 0.4) is 0 Å². The van der Waals surface area contributed by atoms with Crippen molar-refractivity contribution in [2.45, 2.75) is 83.2 Å². The van der Waals surface area contributed by atoms with E-state index in [4.69, 9.17) is 16.3 Å². The molecule has 2 aromatic carbocycles. The number of benzene rings is 2. The Morgan fingerprint density at radius 1 is 1.12 bits per heavy atom. The molecule has 2 N–H and O–H groups in total. The van der Waals surface area contributed by atoms with Gasteiger partial charge < -0.3 is 14.7 Å². The van der Waals surface area contributed by atoms with Gasteiger partial charge in [0.05, 0.1) is 17.0 Å². The number of nitrogens with one attached hydrogen (secondary N) is 1. The highest BCUT2D eigenvalue weighted by atomic mass is 35.5. The first-order chi connectivity index (χ1) is 20.2. The summed E-state index contributed by atoms with van der Waals surface area (Å²) in [7, 11) is -3.93. The first-order valence-electron chi connectivity index (χ1n) is 15.4. The second-order valence-corrected chi connectivity index (χ2v) is 14.6. The quantitative estimate of drug-likeness (QED) is 0.387. The van der Waals surface area contributed by atoms with E-state index in [9.17, 15) is 18.3 Å². The third-order valence-corrected chi connectivity index (χ3v) is 11.5. The van der Waals surface area contributed by atoms with Crippen LogP contribution in [0.15, 0.2) is 48.6 Å². The Bertz CT molecular complexity index is 1410. The molecule has 7 nitrogen and oxygen atoms in total. The number of fused-ring (bicyclic) bond motifs is 3. The van der Waals surface area contributed by atoms with Crippen molar-refractivity contribution in [1.82, 2.24) is 4.72 Å². The molecule has 2 aliphatic heterocycles. The molecule has 9 heteroatoms. The summed E-state index contributed by atoms with van der Waals surface area (Å²) in [5, 5.41) is 11.1. The number of allylic oxidation sites excluding steroid dienone is 1. The smallest absolute Gasteiger partial charge is 0.264 e. The number of anilines is 1. The predicted octanol–water partition coefficient (Wildman–Crippen LogP) is 6.27. The van der Waals surface area contributed by atoms with E-state index in [1.165, 1.54) is 5.56 Å². The van der Waals surface area contributed by atoms with E-state index in [1.807, 2.05) is 44.2 Å². The number of amides is 1. The topological polar surface area (TPSA) is 95.9 Å². The minimum absolute atomic E-state index is 0.139. The zero-order valence-corrected chi connectivity index (χ0v) is 26.2. The maximum atomic E-state index is 13.5. The lowest BCUT2D eigenvalue weighted by atomic mass is 9.70. The van der Waals surface area contributed by atoms with E-state index in [2.05, 4.69) is 9.62 Å². The van der Waals surface area contributed by atoms with Crippen molar-refractivity contribution in [3.63, 3.8) is 0 Å². The van der Waals surface area contributed by atoms with Gasteiger partial charge >= 0.3 is 0 Å². The van der Waals surface area contributed by atoms with E-state index >= 15 is 0 Å². The lowest BCUT2D eigenvalue weighted by Crippen LogP contribution is -2.43. The molecule has 1 unspecified atom stereocenters. The van der Waals surface area contributed by atoms with Crippen LogP contribution in [0.25, 0.3) is 0 Å². The van der Waals surface area contributed by atoms with Crippen LogP contribution in [0.5, 0.6) is 5.75 Å². The third-order valence-electron chi connectivity index (χ3n) is 9.29. The van der Waals surface area contributed by atoms with Crippen molar-refractivity contribution in [3.8, 4) is 5.75 Å². The number of ether oxygens (including phenoxy) is 1. The van der Waals surface area contributed by atoms with E-state index in [1.54, 1.807) is 18.2 Å². The molecule has 3 aliphatic rings. The molecule has 1 aliphatic carbocycles. The fraction of sp³-hybridized carbons (Fsp3) is 0.545. The SMILES string of the molecule is CCC[C@H]1C(C)C/C=C/[C@H](O)[C@@H]2CC[C@H]2CN2CCCCc3cc(Cl)ccc3COc3ccc(cc32)C(=O)NS1(=O)=O. The fourth-order valence-corrected chi connectivity index (χ4v) is 8.65. The van der Waals surface area contributed by atoms with Crippen LogP contribution in [0.1, 0.15) is 80.3 Å². The van der Waals surface area contributed by atoms with Gasteiger partial charge in [0, 0.05) is 23.7 Å². The molecule has 1 amide bonds. The monoisotopic (exact) mass is 614 g/mol. The van der Waals surface area contributed by atoms with Crippen molar-refractivity contribution >= 4 is 33.2 Å². The summed E-state index contributed by atoms with van der Waals surface area (Å²) in [4.78, 5) is 15.7. The number of nitrogens with zero attached hydrogens (tertiary/aromatic N) is 1. The number of hydrogen-bond acceptors (Lipinski definition) is 6. The van der Waals surface area contributed by atoms with Gasteiger partial charge in [0.15, 0.2) is 0 Å². The number of carbonyl (C=O) groups excluding carboxylic acids is 1. The van der Waals surface area contributed by atoms with Gasteiger partial charge in [-0.15, -0.1) is 0 Å². The van der Waals surface area contributed by atoms with E-state index in [-0.39, 0.29) is 17.4 Å². The average molecular weight is 615 g/mol. The van der Waals surface area contributed by atoms with Crippen molar-refractivity contribution in [1.29, 1.82) is 0 Å². The Morgan fingerprint density at radius 2 is 1.95 bits per heavy atom. The number of rotatable bonds is 2. The second kappa shape index (κ2) is 13.4. The van der Waals surface area contributed by atoms with E-state index in [0.717, 1.165) is 56.4 Å². The van der Waals surface area contributed by atoms with Gasteiger partial charge in [0.1, 0.15) is 12.4 Å². The average Bonchev–Trinajstić information content (AvgIpc) is 2.96. The summed E-state index contributed by atoms with van der Waals surface area (Å²) in [6.07, 6.45) is 9.60. The highest BCUT2D eigenvalue weighted by Crippen LogP contribution is 2.41. The van der Waals surface area contributed by atoms with Crippen LogP contribution in [0.2, 0.25) is 5.02 Å². The number of aliphatic hydroxyl groups is 1. The molecule has 1 saturated carbocycles. The molecule has 5 atom stereocenters. The Hall–Kier alpha value is -2.55. The van der Waals surface area contributed by atoms with Gasteiger partial charge in [-0.05, 0) is 104 Å². The maximum Gasteiger partial charge on any atom is 0.264 e. The van der Waals surface area contributed by atoms with Gasteiger partial charge in [-0.2, -0.15) is 0 Å². The number of hydrogen-bond donors (Lipinski definition) is 2. The molecule has 0 aromatic heterocycles. The van der Waals surface area contributed by atoms with Crippen molar-refractivity contribution in [3.05, 3.63) is 70.3 Å². The summed E-state index contributed by atoms with van der Waals surface area (Å²) >= 11 is 6.31. The number of aryl methyl sites for hydroxylation is 1. The Balaban J connectivity index is 1.54. The van der Waals surface area contributed by atoms with Gasteiger partial charge in [0.2, 0.25) is 10.0 Å². The minimum atomic E-state index is -3.93. The molecule has 0 saturated heterocycles. The molecule has 42 heavy (non-hydrogen) atoms. The standard InChI is InChI=1S/C33H43ClN2O5S/c1-3-7-32-22(2)8-6-10-30(37)28-15-12-25(28)20-36-17-5-4-9-23-18-27(34)14-11-26(23)21-41-31-16-13-24(19-29(31)36)33(38)35-42(32,39)40/h6,10-11,13-14,16,18-19,22,25,28,30,32,37H,3-5,7-9,12,15,17,20-21H2,1-2H3,(H,35,38)/b10-6+/t22?,25-,28+,30-,32-/m0/s1. The molecule has 1 fully saturated rings. The molecule has 5 rings (SSSR count). The minimum Gasteiger partial charge on any atom is -0.487 e. The molecule has 0 radical (unpaired) electrons. The second-order valence-electron chi connectivity index (χ2n) is 12.2. The summed E-state index contributed by atoms with van der Waals surface area (Å²) in [6.45, 7) is 5.68. The zero-order valence-electron chi connectivity index (χ0n) is 24.6. The number of sulfonamides is 1. The summed E-state index contributed by atoms with van der Waals surface area (Å²) in [6, 6.07) is 11.1. The van der Waals surface area contributed by atoms with Gasteiger partial charge in [-0.25, -0.2) is 13.1 Å². The first kappa shape index (κ1) is 30.9. The van der Waals surface area contributed by atoms with Crippen LogP contribution in [0.4, 0.5) is 5.69 Å². The molecule has 0 spiro atoms. The fourth-order valence-electron chi connectivity index (χ4n) is 6.65. The third kappa shape index (κ3) is 6.98. The van der Waals surface area contributed by atoms with E-state index in [0.29, 0.717) is 42.6 Å². The normalized spacial score (nSPS) is 29.0. The van der Waals surface area contributed by atoms with Crippen molar-refractivity contribution in [2.24, 2.45) is 17.8 Å². The molecular formula is C33H43ClN2O5S. The summed E-state index contributed by atoms with van der Waals surface area (Å²) < 4.78 is 35.7. The largest absolute Gasteiger partial charge is 0.487 e. The van der Waals surface area contributed by atoms with Crippen molar-refractivity contribution in [2.75, 3.05) is 18.0 Å². The lowest BCUT2D eigenvalue weighted by Gasteiger charge is -2.42. The molecule has 2 bridgehead atoms. The molecule has 2 heterocycles. The predicted molar refractivity (Wildman–Crippen MR) is 168 cm³/mol. The highest BCUT2D eigenvalue weighted by molar-refractivity contribution is 7.90. The van der Waals surface area contributed by atoms with Gasteiger partial charge in [-0.1, -0.05) is 50.1 Å². The number of aliphatic hydroxyl groups excluding tert-OH is 1. The zero-order chi connectivity index (χ0) is 29.9. The number of halogens is 1. The Morgan fingerprint density at radius 3 is 2.71 bits per heavy atom. The molecule has 2 aromatic rings. The van der Waals surface area contributed by atoms with Crippen LogP contribution in [-0.4, -0.2) is 43.9 Å². The van der Waals surface area contributed by atoms with Crippen molar-refractivity contribution < 1.29 is 23.1 Å².